The first kappa shape index (κ1) is 24.4. The van der Waals surface area contributed by atoms with Crippen LogP contribution in [0.4, 0.5) is 23.0 Å². The van der Waals surface area contributed by atoms with E-state index in [-0.39, 0.29) is 12.0 Å². The van der Waals surface area contributed by atoms with Crippen LogP contribution in [0.3, 0.4) is 0 Å². The van der Waals surface area contributed by atoms with Gasteiger partial charge in [0, 0.05) is 39.3 Å². The molecule has 6 rings (SSSR count). The van der Waals surface area contributed by atoms with E-state index >= 15 is 0 Å². The average molecular weight is 527 g/mol. The fourth-order valence-electron chi connectivity index (χ4n) is 5.65. The van der Waals surface area contributed by atoms with Gasteiger partial charge in [-0.1, -0.05) is 6.07 Å². The van der Waals surface area contributed by atoms with Gasteiger partial charge in [-0.05, 0) is 68.4 Å². The van der Waals surface area contributed by atoms with E-state index in [4.69, 9.17) is 9.72 Å². The molecule has 10 nitrogen and oxygen atoms in total. The molecule has 4 heterocycles. The molecule has 0 bridgehead atoms. The summed E-state index contributed by atoms with van der Waals surface area (Å²) in [6.45, 7) is 6.65. The molecule has 3 saturated heterocycles. The highest BCUT2D eigenvalue weighted by Crippen LogP contribution is 2.54. The van der Waals surface area contributed by atoms with Crippen molar-refractivity contribution in [3.63, 3.8) is 0 Å². The highest BCUT2D eigenvalue weighted by molar-refractivity contribution is 7.91. The van der Waals surface area contributed by atoms with E-state index in [0.29, 0.717) is 42.2 Å². The summed E-state index contributed by atoms with van der Waals surface area (Å²) in [5.41, 5.74) is 2.35. The molecular weight excluding hydrogens is 492 g/mol. The summed E-state index contributed by atoms with van der Waals surface area (Å²) in [4.78, 5) is 22.7. The number of benzene rings is 1. The number of hydrogen-bond donors (Lipinski definition) is 2. The predicted molar refractivity (Wildman–Crippen MR) is 144 cm³/mol. The Morgan fingerprint density at radius 3 is 2.59 bits per heavy atom. The third-order valence-corrected chi connectivity index (χ3v) is 9.61. The molecule has 37 heavy (non-hydrogen) atoms. The van der Waals surface area contributed by atoms with Crippen LogP contribution in [0.2, 0.25) is 0 Å². The van der Waals surface area contributed by atoms with Crippen LogP contribution in [-0.2, 0) is 14.9 Å². The van der Waals surface area contributed by atoms with E-state index in [1.54, 1.807) is 18.2 Å². The van der Waals surface area contributed by atoms with Crippen LogP contribution in [0.5, 0.6) is 0 Å². The maximum atomic E-state index is 13.6. The second-order valence-corrected chi connectivity index (χ2v) is 12.3. The first-order chi connectivity index (χ1) is 17.8. The second kappa shape index (κ2) is 9.45. The fraction of sp³-hybridized carbons (Fsp3) is 0.538. The first-order valence-electron chi connectivity index (χ1n) is 13.1. The number of nitrogens with one attached hydrogen (secondary N) is 2. The number of amides is 1. The molecule has 0 radical (unpaired) electrons. The van der Waals surface area contributed by atoms with Gasteiger partial charge in [-0.15, -0.1) is 0 Å². The van der Waals surface area contributed by atoms with E-state index in [1.165, 1.54) is 17.1 Å². The Kier molecular flexibility index (Phi) is 6.24. The SMILES string of the molecule is C[C@@H]1CN(c2cccc(NC(=O)c3ccc(N4CCNS4(=O)=O)cc3N3CCC4(CC3)CC4)n2)CCO1. The van der Waals surface area contributed by atoms with Gasteiger partial charge in [0.05, 0.1) is 29.6 Å². The highest BCUT2D eigenvalue weighted by atomic mass is 32.2. The molecule has 1 aliphatic carbocycles. The summed E-state index contributed by atoms with van der Waals surface area (Å²) in [6, 6.07) is 10.9. The van der Waals surface area contributed by atoms with Crippen molar-refractivity contribution in [2.45, 2.75) is 38.7 Å². The number of ether oxygens (including phenoxy) is 1. The lowest BCUT2D eigenvalue weighted by molar-refractivity contribution is 0.0529. The summed E-state index contributed by atoms with van der Waals surface area (Å²) < 4.78 is 34.5. The van der Waals surface area contributed by atoms with Crippen LogP contribution >= 0.6 is 0 Å². The Labute approximate surface area is 218 Å². The minimum atomic E-state index is -3.56. The summed E-state index contributed by atoms with van der Waals surface area (Å²) in [7, 11) is -3.56. The maximum absolute atomic E-state index is 13.6. The third kappa shape index (κ3) is 4.99. The smallest absolute Gasteiger partial charge is 0.301 e. The molecule has 1 aromatic carbocycles. The lowest BCUT2D eigenvalue weighted by Gasteiger charge is -2.35. The van der Waals surface area contributed by atoms with Crippen LogP contribution in [0, 0.1) is 5.41 Å². The van der Waals surface area contributed by atoms with Crippen molar-refractivity contribution in [1.29, 1.82) is 0 Å². The molecule has 198 valence electrons. The normalized spacial score (nSPS) is 24.4. The lowest BCUT2D eigenvalue weighted by Crippen LogP contribution is -2.41. The topological polar surface area (TPSA) is 107 Å². The number of pyridine rings is 1. The molecule has 1 saturated carbocycles. The number of aromatic nitrogens is 1. The van der Waals surface area contributed by atoms with Gasteiger partial charge >= 0.3 is 10.2 Å². The van der Waals surface area contributed by atoms with Gasteiger partial charge in [0.15, 0.2) is 0 Å². The molecule has 11 heteroatoms. The average Bonchev–Trinajstić information content (AvgIpc) is 3.55. The van der Waals surface area contributed by atoms with Crippen molar-refractivity contribution in [2.75, 3.05) is 65.3 Å². The standard InChI is InChI=1S/C26H34N6O4S/c1-19-18-31(15-16-36-19)24-4-2-3-23(28-24)29-25(33)21-6-5-20(32-14-11-27-37(32,34)35)17-22(21)30-12-9-26(7-8-26)10-13-30/h2-6,17,19,27H,7-16,18H2,1H3,(H,28,29,33)/t19-/m1/s1. The molecule has 3 aliphatic heterocycles. The highest BCUT2D eigenvalue weighted by Gasteiger charge is 2.44. The van der Waals surface area contributed by atoms with E-state index in [1.807, 2.05) is 25.1 Å². The van der Waals surface area contributed by atoms with Crippen LogP contribution in [0.15, 0.2) is 36.4 Å². The number of morpholine rings is 1. The Hall–Kier alpha value is -2.89. The van der Waals surface area contributed by atoms with Crippen molar-refractivity contribution < 1.29 is 17.9 Å². The van der Waals surface area contributed by atoms with Gasteiger partial charge in [0.1, 0.15) is 11.6 Å². The Morgan fingerprint density at radius 1 is 1.08 bits per heavy atom. The van der Waals surface area contributed by atoms with Crippen LogP contribution in [-0.4, -0.2) is 71.3 Å². The summed E-state index contributed by atoms with van der Waals surface area (Å²) in [5.74, 6) is 1.04. The molecule has 2 N–H and O–H groups in total. The molecule has 1 amide bonds. The molecule has 4 aliphatic rings. The van der Waals surface area contributed by atoms with Gasteiger partial charge in [0.2, 0.25) is 0 Å². The second-order valence-electron chi connectivity index (χ2n) is 10.6. The largest absolute Gasteiger partial charge is 0.375 e. The minimum absolute atomic E-state index is 0.129. The number of rotatable bonds is 5. The quantitative estimate of drug-likeness (QED) is 0.617. The molecule has 1 aromatic heterocycles. The minimum Gasteiger partial charge on any atom is -0.375 e. The summed E-state index contributed by atoms with van der Waals surface area (Å²) in [6.07, 6.45) is 4.90. The van der Waals surface area contributed by atoms with Crippen LogP contribution in [0.25, 0.3) is 0 Å². The monoisotopic (exact) mass is 526 g/mol. The summed E-state index contributed by atoms with van der Waals surface area (Å²) in [5, 5.41) is 2.98. The van der Waals surface area contributed by atoms with Gasteiger partial charge in [-0.25, -0.2) is 4.98 Å². The van der Waals surface area contributed by atoms with Crippen LogP contribution in [0.1, 0.15) is 43.0 Å². The van der Waals surface area contributed by atoms with E-state index in [2.05, 4.69) is 19.8 Å². The molecule has 2 aromatic rings. The number of anilines is 4. The predicted octanol–water partition coefficient (Wildman–Crippen LogP) is 2.59. The zero-order valence-electron chi connectivity index (χ0n) is 21.1. The van der Waals surface area contributed by atoms with E-state index in [0.717, 1.165) is 50.5 Å². The fourth-order valence-corrected chi connectivity index (χ4v) is 6.88. The van der Waals surface area contributed by atoms with Gasteiger partial charge in [-0.2, -0.15) is 13.1 Å². The van der Waals surface area contributed by atoms with E-state index in [9.17, 15) is 13.2 Å². The molecule has 4 fully saturated rings. The molecule has 0 unspecified atom stereocenters. The Balaban J connectivity index is 1.27. The van der Waals surface area contributed by atoms with Crippen molar-refractivity contribution in [1.82, 2.24) is 9.71 Å². The maximum Gasteiger partial charge on any atom is 0.301 e. The van der Waals surface area contributed by atoms with Crippen molar-refractivity contribution >= 4 is 39.1 Å². The zero-order chi connectivity index (χ0) is 25.6. The van der Waals surface area contributed by atoms with Crippen molar-refractivity contribution in [3.8, 4) is 0 Å². The molecular formula is C26H34N6O4S. The van der Waals surface area contributed by atoms with Crippen LogP contribution < -0.4 is 24.1 Å². The van der Waals surface area contributed by atoms with Gasteiger partial charge in [-0.3, -0.25) is 9.10 Å². The van der Waals surface area contributed by atoms with Gasteiger partial charge < -0.3 is 19.9 Å². The molecule has 1 atom stereocenters. The zero-order valence-corrected chi connectivity index (χ0v) is 22.0. The third-order valence-electron chi connectivity index (χ3n) is 8.07. The summed E-state index contributed by atoms with van der Waals surface area (Å²) >= 11 is 0. The molecule has 1 spiro atoms. The lowest BCUT2D eigenvalue weighted by atomic mass is 9.93. The van der Waals surface area contributed by atoms with E-state index < -0.39 is 10.2 Å². The number of carbonyl (C=O) groups is 1. The van der Waals surface area contributed by atoms with Gasteiger partial charge in [0.25, 0.3) is 5.91 Å². The number of carbonyl (C=O) groups excluding carboxylic acids is 1. The Bertz CT molecular complexity index is 1290. The Morgan fingerprint density at radius 2 is 1.89 bits per heavy atom. The van der Waals surface area contributed by atoms with Crippen molar-refractivity contribution in [2.24, 2.45) is 5.41 Å². The first-order valence-corrected chi connectivity index (χ1v) is 14.6. The van der Waals surface area contributed by atoms with Crippen molar-refractivity contribution in [3.05, 3.63) is 42.0 Å². The number of hydrogen-bond acceptors (Lipinski definition) is 7. The number of nitrogens with zero attached hydrogens (tertiary/aromatic N) is 4. The number of piperidine rings is 1.